The van der Waals surface area contributed by atoms with Gasteiger partial charge in [0, 0.05) is 37.1 Å². The summed E-state index contributed by atoms with van der Waals surface area (Å²) in [7, 11) is 0. The quantitative estimate of drug-likeness (QED) is 0.378. The Hall–Kier alpha value is -2.11. The number of benzene rings is 1. The molecular weight excluding hydrogens is 471 g/mol. The third-order valence-corrected chi connectivity index (χ3v) is 3.69. The fourth-order valence-corrected chi connectivity index (χ4v) is 2.48. The summed E-state index contributed by atoms with van der Waals surface area (Å²) in [5.74, 6) is 2.02. The number of fused-ring (bicyclic) bond motifs is 1. The van der Waals surface area contributed by atoms with E-state index >= 15 is 0 Å². The first-order valence-corrected chi connectivity index (χ1v) is 8.42. The third kappa shape index (κ3) is 5.68. The van der Waals surface area contributed by atoms with Crippen LogP contribution in [0.2, 0.25) is 0 Å². The predicted octanol–water partition coefficient (Wildman–Crippen LogP) is 3.64. The van der Waals surface area contributed by atoms with Crippen LogP contribution >= 0.6 is 24.0 Å². The third-order valence-electron chi connectivity index (χ3n) is 3.69. The highest BCUT2D eigenvalue weighted by atomic mass is 127. The molecule has 10 heteroatoms. The molecule has 0 saturated carbocycles. The van der Waals surface area contributed by atoms with Crippen LogP contribution in [-0.4, -0.2) is 35.3 Å². The van der Waals surface area contributed by atoms with Crippen molar-refractivity contribution in [3.8, 4) is 11.5 Å². The van der Waals surface area contributed by atoms with Gasteiger partial charge in [-0.2, -0.15) is 8.78 Å². The molecule has 2 N–H and O–H groups in total. The normalized spacial score (nSPS) is 13.7. The van der Waals surface area contributed by atoms with Crippen molar-refractivity contribution in [3.63, 3.8) is 0 Å². The molecule has 1 aromatic carbocycles. The first-order valence-electron chi connectivity index (χ1n) is 8.42. The average molecular weight is 493 g/mol. The number of nitrogens with one attached hydrogen (secondary N) is 2. The first kappa shape index (κ1) is 21.2. The van der Waals surface area contributed by atoms with Crippen molar-refractivity contribution in [1.82, 2.24) is 14.9 Å². The lowest BCUT2D eigenvalue weighted by atomic mass is 10.3. The van der Waals surface area contributed by atoms with Gasteiger partial charge in [0.2, 0.25) is 0 Å². The van der Waals surface area contributed by atoms with Gasteiger partial charge in [0.15, 0.2) is 17.5 Å². The number of halogens is 3. The zero-order chi connectivity index (χ0) is 18.4. The molecule has 0 unspecified atom stereocenters. The maximum Gasteiger partial charge on any atom is 0.319 e. The molecule has 0 aliphatic carbocycles. The molecule has 0 bridgehead atoms. The molecule has 148 valence electrons. The minimum absolute atomic E-state index is 0. The minimum Gasteiger partial charge on any atom is -0.490 e. The standard InChI is InChI=1S/C17H21F2N5O2.HI/c1-2-20-17(22-11-15-21-6-7-24(15)16(18)19)23-12-4-5-13-14(10-12)26-9-3-8-25-13;/h4-7,10,16H,2-3,8-9,11H2,1H3,(H2,20,22,23);1H. The highest BCUT2D eigenvalue weighted by molar-refractivity contribution is 14.0. The van der Waals surface area contributed by atoms with Crippen LogP contribution in [0.25, 0.3) is 0 Å². The molecule has 0 amide bonds. The fraction of sp³-hybridized carbons (Fsp3) is 0.412. The molecule has 0 radical (unpaired) electrons. The van der Waals surface area contributed by atoms with E-state index in [2.05, 4.69) is 20.6 Å². The second kappa shape index (κ2) is 10.3. The van der Waals surface area contributed by atoms with Gasteiger partial charge in [-0.25, -0.2) is 9.98 Å². The number of hydrogen-bond acceptors (Lipinski definition) is 4. The second-order valence-corrected chi connectivity index (χ2v) is 5.56. The van der Waals surface area contributed by atoms with Crippen LogP contribution in [0.15, 0.2) is 35.6 Å². The van der Waals surface area contributed by atoms with Gasteiger partial charge in [-0.05, 0) is 19.1 Å². The number of rotatable bonds is 5. The number of imidazole rings is 1. The fourth-order valence-electron chi connectivity index (χ4n) is 2.48. The van der Waals surface area contributed by atoms with E-state index in [0.717, 1.165) is 16.7 Å². The maximum absolute atomic E-state index is 12.9. The SMILES string of the molecule is CCNC(=NCc1nccn1C(F)F)Nc1ccc2c(c1)OCCCO2.I. The summed E-state index contributed by atoms with van der Waals surface area (Å²) in [6.07, 6.45) is 3.40. The number of ether oxygens (including phenoxy) is 2. The van der Waals surface area contributed by atoms with Crippen molar-refractivity contribution in [2.45, 2.75) is 26.4 Å². The largest absolute Gasteiger partial charge is 0.490 e. The molecule has 0 saturated heterocycles. The molecule has 3 rings (SSSR count). The smallest absolute Gasteiger partial charge is 0.319 e. The second-order valence-electron chi connectivity index (χ2n) is 5.56. The number of aliphatic imine (C=N–C) groups is 1. The molecule has 7 nitrogen and oxygen atoms in total. The summed E-state index contributed by atoms with van der Waals surface area (Å²) < 4.78 is 37.9. The molecule has 2 heterocycles. The monoisotopic (exact) mass is 493 g/mol. The molecule has 27 heavy (non-hydrogen) atoms. The molecule has 1 aliphatic rings. The van der Waals surface area contributed by atoms with Gasteiger partial charge in [0.25, 0.3) is 0 Å². The molecule has 2 aromatic rings. The van der Waals surface area contributed by atoms with E-state index in [4.69, 9.17) is 9.47 Å². The Bertz CT molecular complexity index is 770. The molecular formula is C17H22F2IN5O2. The van der Waals surface area contributed by atoms with Crippen LogP contribution in [0.3, 0.4) is 0 Å². The topological polar surface area (TPSA) is 72.7 Å². The molecule has 1 aromatic heterocycles. The molecule has 0 atom stereocenters. The summed E-state index contributed by atoms with van der Waals surface area (Å²) in [4.78, 5) is 8.26. The lowest BCUT2D eigenvalue weighted by Gasteiger charge is -2.14. The Morgan fingerprint density at radius 3 is 2.81 bits per heavy atom. The van der Waals surface area contributed by atoms with Gasteiger partial charge < -0.3 is 20.1 Å². The van der Waals surface area contributed by atoms with Crippen molar-refractivity contribution >= 4 is 35.6 Å². The first-order chi connectivity index (χ1) is 12.7. The van der Waals surface area contributed by atoms with Crippen molar-refractivity contribution in [3.05, 3.63) is 36.4 Å². The van der Waals surface area contributed by atoms with Crippen molar-refractivity contribution in [2.75, 3.05) is 25.1 Å². The van der Waals surface area contributed by atoms with Crippen LogP contribution in [-0.2, 0) is 6.54 Å². The molecule has 1 aliphatic heterocycles. The minimum atomic E-state index is -2.64. The van der Waals surface area contributed by atoms with Gasteiger partial charge in [0.05, 0.1) is 13.2 Å². The van der Waals surface area contributed by atoms with Crippen LogP contribution in [0, 0.1) is 0 Å². The van der Waals surface area contributed by atoms with Gasteiger partial charge in [-0.15, -0.1) is 24.0 Å². The Morgan fingerprint density at radius 2 is 2.07 bits per heavy atom. The molecule has 0 fully saturated rings. The van der Waals surface area contributed by atoms with Crippen LogP contribution in [0.4, 0.5) is 14.5 Å². The number of alkyl halides is 2. The Morgan fingerprint density at radius 1 is 1.30 bits per heavy atom. The maximum atomic E-state index is 12.9. The van der Waals surface area contributed by atoms with Crippen molar-refractivity contribution < 1.29 is 18.3 Å². The van der Waals surface area contributed by atoms with Crippen LogP contribution in [0.1, 0.15) is 25.7 Å². The predicted molar refractivity (Wildman–Crippen MR) is 109 cm³/mol. The summed E-state index contributed by atoms with van der Waals surface area (Å²) in [6.45, 7) is 1.16. The number of aromatic nitrogens is 2. The van der Waals surface area contributed by atoms with Gasteiger partial charge in [0.1, 0.15) is 12.4 Å². The van der Waals surface area contributed by atoms with E-state index in [0.29, 0.717) is 37.2 Å². The lowest BCUT2D eigenvalue weighted by molar-refractivity contribution is 0.0671. The van der Waals surface area contributed by atoms with E-state index < -0.39 is 6.55 Å². The number of hydrogen-bond donors (Lipinski definition) is 2. The van der Waals surface area contributed by atoms with Crippen molar-refractivity contribution in [2.24, 2.45) is 4.99 Å². The van der Waals surface area contributed by atoms with E-state index in [-0.39, 0.29) is 36.3 Å². The number of nitrogens with zero attached hydrogens (tertiary/aromatic N) is 3. The van der Waals surface area contributed by atoms with Crippen LogP contribution in [0.5, 0.6) is 11.5 Å². The van der Waals surface area contributed by atoms with E-state index in [9.17, 15) is 8.78 Å². The number of guanidine groups is 1. The Labute approximate surface area is 173 Å². The Kier molecular flexibility index (Phi) is 8.07. The summed E-state index contributed by atoms with van der Waals surface area (Å²) in [5, 5.41) is 6.22. The van der Waals surface area contributed by atoms with E-state index in [1.165, 1.54) is 12.4 Å². The Balaban J connectivity index is 0.00000261. The van der Waals surface area contributed by atoms with Gasteiger partial charge in [-0.1, -0.05) is 0 Å². The van der Waals surface area contributed by atoms with E-state index in [1.54, 1.807) is 0 Å². The lowest BCUT2D eigenvalue weighted by Crippen LogP contribution is -2.30. The summed E-state index contributed by atoms with van der Waals surface area (Å²) >= 11 is 0. The highest BCUT2D eigenvalue weighted by Crippen LogP contribution is 2.32. The average Bonchev–Trinajstić information content (AvgIpc) is 2.98. The highest BCUT2D eigenvalue weighted by Gasteiger charge is 2.13. The van der Waals surface area contributed by atoms with Crippen LogP contribution < -0.4 is 20.1 Å². The van der Waals surface area contributed by atoms with Gasteiger partial charge >= 0.3 is 6.55 Å². The number of anilines is 1. The van der Waals surface area contributed by atoms with E-state index in [1.807, 2.05) is 25.1 Å². The van der Waals surface area contributed by atoms with Crippen molar-refractivity contribution in [1.29, 1.82) is 0 Å². The van der Waals surface area contributed by atoms with Gasteiger partial charge in [-0.3, -0.25) is 4.57 Å². The summed E-state index contributed by atoms with van der Waals surface area (Å²) in [5.41, 5.74) is 0.756. The zero-order valence-electron chi connectivity index (χ0n) is 14.8. The zero-order valence-corrected chi connectivity index (χ0v) is 17.2. The summed E-state index contributed by atoms with van der Waals surface area (Å²) in [6, 6.07) is 5.50. The molecule has 0 spiro atoms.